The topological polar surface area (TPSA) is 78.4 Å². The van der Waals surface area contributed by atoms with E-state index in [0.717, 1.165) is 10.5 Å². The molecule has 25 heavy (non-hydrogen) atoms. The van der Waals surface area contributed by atoms with E-state index in [-0.39, 0.29) is 24.8 Å². The molecule has 0 bridgehead atoms. The normalized spacial score (nSPS) is 11.0. The van der Waals surface area contributed by atoms with Crippen LogP contribution in [-0.2, 0) is 4.79 Å². The number of hydrogen-bond donors (Lipinski definition) is 3. The molecule has 0 heterocycles. The molecule has 0 saturated heterocycles. The Morgan fingerprint density at radius 1 is 1.08 bits per heavy atom. The Bertz CT molecular complexity index is 743. The van der Waals surface area contributed by atoms with E-state index in [9.17, 15) is 9.59 Å². The van der Waals surface area contributed by atoms with Crippen LogP contribution in [-0.4, -0.2) is 36.3 Å². The zero-order valence-corrected chi connectivity index (χ0v) is 14.7. The molecule has 0 aliphatic rings. The molecule has 0 aliphatic carbocycles. The molecule has 6 heteroatoms. The van der Waals surface area contributed by atoms with Gasteiger partial charge in [0.15, 0.2) is 0 Å². The fraction of sp³-hybridized carbons (Fsp3) is 0.158. The molecular weight excluding hydrogens is 336 g/mol. The van der Waals surface area contributed by atoms with E-state index in [1.165, 1.54) is 0 Å². The van der Waals surface area contributed by atoms with Crippen molar-refractivity contribution in [2.45, 2.75) is 4.90 Å². The number of aliphatic hydroxyl groups is 1. The quantitative estimate of drug-likeness (QED) is 0.525. The monoisotopic (exact) mass is 356 g/mol. The molecule has 0 aromatic heterocycles. The van der Waals surface area contributed by atoms with Gasteiger partial charge in [-0.2, -0.15) is 0 Å². The number of amides is 2. The van der Waals surface area contributed by atoms with E-state index >= 15 is 0 Å². The van der Waals surface area contributed by atoms with Gasteiger partial charge in [-0.25, -0.2) is 0 Å². The Kier molecular flexibility index (Phi) is 7.25. The molecule has 5 nitrogen and oxygen atoms in total. The first kappa shape index (κ1) is 18.8. The van der Waals surface area contributed by atoms with E-state index in [0.29, 0.717) is 5.56 Å². The highest BCUT2D eigenvalue weighted by Crippen LogP contribution is 2.16. The van der Waals surface area contributed by atoms with Gasteiger partial charge in [0, 0.05) is 17.0 Å². The summed E-state index contributed by atoms with van der Waals surface area (Å²) in [6.45, 7) is -0.0587. The lowest BCUT2D eigenvalue weighted by atomic mass is 10.1. The molecule has 2 aromatic rings. The molecule has 2 rings (SSSR count). The van der Waals surface area contributed by atoms with Crippen LogP contribution in [0.25, 0.3) is 6.08 Å². The SMILES string of the molecule is CSc1ccc(/C=C(/NC(=O)c2ccccc2)C(=O)NCCO)cc1. The summed E-state index contributed by atoms with van der Waals surface area (Å²) < 4.78 is 0. The van der Waals surface area contributed by atoms with Gasteiger partial charge >= 0.3 is 0 Å². The van der Waals surface area contributed by atoms with Crippen LogP contribution >= 0.6 is 11.8 Å². The third-order valence-corrected chi connectivity index (χ3v) is 4.10. The smallest absolute Gasteiger partial charge is 0.267 e. The molecule has 0 fully saturated rings. The van der Waals surface area contributed by atoms with E-state index in [2.05, 4.69) is 10.6 Å². The number of hydrogen-bond acceptors (Lipinski definition) is 4. The first-order valence-electron chi connectivity index (χ1n) is 7.75. The number of carbonyl (C=O) groups is 2. The van der Waals surface area contributed by atoms with Crippen molar-refractivity contribution in [2.75, 3.05) is 19.4 Å². The molecular formula is C19H20N2O3S. The summed E-state index contributed by atoms with van der Waals surface area (Å²) in [7, 11) is 0. The maximum atomic E-state index is 12.3. The second kappa shape index (κ2) is 9.66. The third kappa shape index (κ3) is 5.77. The van der Waals surface area contributed by atoms with E-state index in [4.69, 9.17) is 5.11 Å². The minimum absolute atomic E-state index is 0.114. The van der Waals surface area contributed by atoms with Crippen LogP contribution in [0.2, 0.25) is 0 Å². The summed E-state index contributed by atoms with van der Waals surface area (Å²) >= 11 is 1.62. The van der Waals surface area contributed by atoms with Crippen molar-refractivity contribution >= 4 is 29.7 Å². The lowest BCUT2D eigenvalue weighted by Crippen LogP contribution is -2.36. The van der Waals surface area contributed by atoms with Crippen LogP contribution < -0.4 is 10.6 Å². The standard InChI is InChI=1S/C19H20N2O3S/c1-25-16-9-7-14(8-10-16)13-17(19(24)20-11-12-22)21-18(23)15-5-3-2-4-6-15/h2-10,13,22H,11-12H2,1H3,(H,20,24)(H,21,23)/b17-13+. The predicted octanol–water partition coefficient (Wildman–Crippen LogP) is 2.29. The average Bonchev–Trinajstić information content (AvgIpc) is 2.66. The molecule has 2 amide bonds. The number of benzene rings is 2. The molecule has 0 unspecified atom stereocenters. The summed E-state index contributed by atoms with van der Waals surface area (Å²) in [5, 5.41) is 14.1. The van der Waals surface area contributed by atoms with Gasteiger partial charge in [-0.15, -0.1) is 11.8 Å². The first-order valence-corrected chi connectivity index (χ1v) is 8.97. The maximum Gasteiger partial charge on any atom is 0.267 e. The van der Waals surface area contributed by atoms with Crippen molar-refractivity contribution in [3.05, 3.63) is 71.4 Å². The van der Waals surface area contributed by atoms with Crippen LogP contribution in [0, 0.1) is 0 Å². The van der Waals surface area contributed by atoms with Gasteiger partial charge < -0.3 is 15.7 Å². The number of nitrogens with one attached hydrogen (secondary N) is 2. The van der Waals surface area contributed by atoms with Gasteiger partial charge in [-0.3, -0.25) is 9.59 Å². The van der Waals surface area contributed by atoms with Crippen LogP contribution in [0.4, 0.5) is 0 Å². The van der Waals surface area contributed by atoms with Crippen molar-refractivity contribution in [2.24, 2.45) is 0 Å². The van der Waals surface area contributed by atoms with Gasteiger partial charge in [-0.1, -0.05) is 30.3 Å². The molecule has 0 atom stereocenters. The molecule has 2 aromatic carbocycles. The van der Waals surface area contributed by atoms with E-state index in [1.54, 1.807) is 42.1 Å². The maximum absolute atomic E-state index is 12.3. The van der Waals surface area contributed by atoms with Gasteiger partial charge in [0.25, 0.3) is 11.8 Å². The molecule has 0 aliphatic heterocycles. The highest BCUT2D eigenvalue weighted by Gasteiger charge is 2.14. The summed E-state index contributed by atoms with van der Waals surface area (Å²) in [4.78, 5) is 25.7. The van der Waals surface area contributed by atoms with Crippen LogP contribution in [0.1, 0.15) is 15.9 Å². The van der Waals surface area contributed by atoms with Crippen LogP contribution in [0.3, 0.4) is 0 Å². The lowest BCUT2D eigenvalue weighted by Gasteiger charge is -2.11. The molecule has 3 N–H and O–H groups in total. The molecule has 130 valence electrons. The van der Waals surface area contributed by atoms with Crippen molar-refractivity contribution in [3.63, 3.8) is 0 Å². The van der Waals surface area contributed by atoms with Crippen molar-refractivity contribution < 1.29 is 14.7 Å². The van der Waals surface area contributed by atoms with Crippen molar-refractivity contribution in [1.82, 2.24) is 10.6 Å². The fourth-order valence-electron chi connectivity index (χ4n) is 2.07. The Morgan fingerprint density at radius 3 is 2.36 bits per heavy atom. The summed E-state index contributed by atoms with van der Waals surface area (Å²) in [6, 6.07) is 16.3. The first-order chi connectivity index (χ1) is 12.1. The Hall–Kier alpha value is -2.57. The summed E-state index contributed by atoms with van der Waals surface area (Å²) in [6.07, 6.45) is 3.59. The van der Waals surface area contributed by atoms with Crippen LogP contribution in [0.5, 0.6) is 0 Å². The minimum Gasteiger partial charge on any atom is -0.395 e. The van der Waals surface area contributed by atoms with Gasteiger partial charge in [-0.05, 0) is 42.2 Å². The number of thioether (sulfide) groups is 1. The zero-order chi connectivity index (χ0) is 18.1. The van der Waals surface area contributed by atoms with Gasteiger partial charge in [0.05, 0.1) is 6.61 Å². The van der Waals surface area contributed by atoms with Crippen LogP contribution in [0.15, 0.2) is 65.2 Å². The summed E-state index contributed by atoms with van der Waals surface area (Å²) in [5.74, 6) is -0.820. The summed E-state index contributed by atoms with van der Waals surface area (Å²) in [5.41, 5.74) is 1.38. The Balaban J connectivity index is 2.23. The largest absolute Gasteiger partial charge is 0.395 e. The predicted molar refractivity (Wildman–Crippen MR) is 100 cm³/mol. The zero-order valence-electron chi connectivity index (χ0n) is 13.9. The minimum atomic E-state index is -0.452. The second-order valence-corrected chi connectivity index (χ2v) is 6.01. The molecule has 0 spiro atoms. The van der Waals surface area contributed by atoms with E-state index in [1.807, 2.05) is 36.6 Å². The lowest BCUT2D eigenvalue weighted by molar-refractivity contribution is -0.117. The highest BCUT2D eigenvalue weighted by atomic mass is 32.2. The van der Waals surface area contributed by atoms with Crippen molar-refractivity contribution in [3.8, 4) is 0 Å². The van der Waals surface area contributed by atoms with E-state index < -0.39 is 5.91 Å². The Labute approximate surface area is 151 Å². The van der Waals surface area contributed by atoms with Crippen molar-refractivity contribution in [1.29, 1.82) is 0 Å². The molecule has 0 saturated carbocycles. The average molecular weight is 356 g/mol. The van der Waals surface area contributed by atoms with Gasteiger partial charge in [0.2, 0.25) is 0 Å². The second-order valence-electron chi connectivity index (χ2n) is 5.13. The third-order valence-electron chi connectivity index (χ3n) is 3.35. The molecule has 0 radical (unpaired) electrons. The fourth-order valence-corrected chi connectivity index (χ4v) is 2.48. The number of rotatable bonds is 7. The van der Waals surface area contributed by atoms with Gasteiger partial charge in [0.1, 0.15) is 5.70 Å². The number of aliphatic hydroxyl groups excluding tert-OH is 1. The Morgan fingerprint density at radius 2 is 1.76 bits per heavy atom. The highest BCUT2D eigenvalue weighted by molar-refractivity contribution is 7.98. The number of carbonyl (C=O) groups excluding carboxylic acids is 2.